The summed E-state index contributed by atoms with van der Waals surface area (Å²) in [7, 11) is 1.62. The second-order valence-corrected chi connectivity index (χ2v) is 7.06. The quantitative estimate of drug-likeness (QED) is 0.650. The molecule has 3 aromatic rings. The Morgan fingerprint density at radius 3 is 2.39 bits per heavy atom. The van der Waals surface area contributed by atoms with Crippen LogP contribution in [-0.2, 0) is 13.1 Å². The van der Waals surface area contributed by atoms with Crippen LogP contribution in [0.4, 0.5) is 4.39 Å². The van der Waals surface area contributed by atoms with Crippen LogP contribution in [0.25, 0.3) is 11.3 Å². The van der Waals surface area contributed by atoms with E-state index in [0.717, 1.165) is 61.1 Å². The van der Waals surface area contributed by atoms with Gasteiger partial charge in [-0.15, -0.1) is 0 Å². The zero-order chi connectivity index (χ0) is 19.3. The standard InChI is InChI=1S/C22H24FN3O2/c1-27-21-8-7-19(23)13-18(21)15-25-9-11-26(12-10-25)16-20-14-22(28-24-20)17-5-3-2-4-6-17/h2-8,13-14H,9-12,15-16H2,1H3. The smallest absolute Gasteiger partial charge is 0.167 e. The van der Waals surface area contributed by atoms with E-state index >= 15 is 0 Å². The highest BCUT2D eigenvalue weighted by atomic mass is 19.1. The van der Waals surface area contributed by atoms with Crippen LogP contribution in [0, 0.1) is 5.82 Å². The Morgan fingerprint density at radius 1 is 0.964 bits per heavy atom. The van der Waals surface area contributed by atoms with E-state index in [-0.39, 0.29) is 5.82 Å². The molecule has 0 bridgehead atoms. The molecule has 2 heterocycles. The Balaban J connectivity index is 1.31. The molecule has 0 unspecified atom stereocenters. The molecule has 1 aliphatic heterocycles. The maximum atomic E-state index is 13.6. The summed E-state index contributed by atoms with van der Waals surface area (Å²) in [6.45, 7) is 5.17. The molecule has 28 heavy (non-hydrogen) atoms. The van der Waals surface area contributed by atoms with Gasteiger partial charge in [0.2, 0.25) is 0 Å². The lowest BCUT2D eigenvalue weighted by Gasteiger charge is -2.34. The van der Waals surface area contributed by atoms with Crippen LogP contribution >= 0.6 is 0 Å². The number of piperazine rings is 1. The largest absolute Gasteiger partial charge is 0.496 e. The van der Waals surface area contributed by atoms with Crippen LogP contribution < -0.4 is 4.74 Å². The fourth-order valence-corrected chi connectivity index (χ4v) is 3.57. The average Bonchev–Trinajstić information content (AvgIpc) is 3.19. The molecule has 6 heteroatoms. The SMILES string of the molecule is COc1ccc(F)cc1CN1CCN(Cc2cc(-c3ccccc3)on2)CC1. The van der Waals surface area contributed by atoms with Crippen LogP contribution in [-0.4, -0.2) is 48.2 Å². The molecular weight excluding hydrogens is 357 g/mol. The van der Waals surface area contributed by atoms with E-state index in [1.807, 2.05) is 36.4 Å². The van der Waals surface area contributed by atoms with Gasteiger partial charge < -0.3 is 9.26 Å². The third-order valence-corrected chi connectivity index (χ3v) is 5.10. The maximum absolute atomic E-state index is 13.6. The number of methoxy groups -OCH3 is 1. The van der Waals surface area contributed by atoms with E-state index in [0.29, 0.717) is 6.54 Å². The van der Waals surface area contributed by atoms with Crippen LogP contribution in [0.3, 0.4) is 0 Å². The first-order chi connectivity index (χ1) is 13.7. The lowest BCUT2D eigenvalue weighted by molar-refractivity contribution is 0.119. The molecule has 0 radical (unpaired) electrons. The van der Waals surface area contributed by atoms with Gasteiger partial charge in [-0.2, -0.15) is 0 Å². The number of nitrogens with zero attached hydrogens (tertiary/aromatic N) is 3. The Bertz CT molecular complexity index is 905. The number of ether oxygens (including phenoxy) is 1. The lowest BCUT2D eigenvalue weighted by Crippen LogP contribution is -2.45. The van der Waals surface area contributed by atoms with Crippen LogP contribution in [0.2, 0.25) is 0 Å². The van der Waals surface area contributed by atoms with Gasteiger partial charge in [0, 0.05) is 56.5 Å². The number of rotatable bonds is 6. The molecule has 4 rings (SSSR count). The highest BCUT2D eigenvalue weighted by Gasteiger charge is 2.20. The van der Waals surface area contributed by atoms with Crippen molar-refractivity contribution >= 4 is 0 Å². The molecular formula is C22H24FN3O2. The first-order valence-electron chi connectivity index (χ1n) is 9.49. The molecule has 0 atom stereocenters. The Morgan fingerprint density at radius 2 is 1.68 bits per heavy atom. The second-order valence-electron chi connectivity index (χ2n) is 7.06. The van der Waals surface area contributed by atoms with Crippen molar-refractivity contribution in [3.05, 3.63) is 71.7 Å². The van der Waals surface area contributed by atoms with Crippen molar-refractivity contribution in [2.45, 2.75) is 13.1 Å². The average molecular weight is 381 g/mol. The topological polar surface area (TPSA) is 41.7 Å². The molecule has 1 aromatic heterocycles. The number of benzene rings is 2. The first-order valence-corrected chi connectivity index (χ1v) is 9.49. The predicted molar refractivity (Wildman–Crippen MR) is 105 cm³/mol. The summed E-state index contributed by atoms with van der Waals surface area (Å²) >= 11 is 0. The van der Waals surface area contributed by atoms with Gasteiger partial charge in [0.15, 0.2) is 5.76 Å². The normalized spacial score (nSPS) is 15.6. The second kappa shape index (κ2) is 8.54. The summed E-state index contributed by atoms with van der Waals surface area (Å²) in [6.07, 6.45) is 0. The van der Waals surface area contributed by atoms with E-state index in [9.17, 15) is 4.39 Å². The molecule has 0 amide bonds. The van der Waals surface area contributed by atoms with Crippen molar-refractivity contribution in [1.82, 2.24) is 15.0 Å². The number of aromatic nitrogens is 1. The molecule has 1 saturated heterocycles. The van der Waals surface area contributed by atoms with Gasteiger partial charge in [0.25, 0.3) is 0 Å². The van der Waals surface area contributed by atoms with Gasteiger partial charge in [-0.3, -0.25) is 9.80 Å². The monoisotopic (exact) mass is 381 g/mol. The number of halogens is 1. The van der Waals surface area contributed by atoms with E-state index in [1.165, 1.54) is 6.07 Å². The third kappa shape index (κ3) is 4.40. The molecule has 0 aliphatic carbocycles. The lowest BCUT2D eigenvalue weighted by atomic mass is 10.1. The molecule has 0 N–H and O–H groups in total. The van der Waals surface area contributed by atoms with Gasteiger partial charge >= 0.3 is 0 Å². The molecule has 0 spiro atoms. The first kappa shape index (κ1) is 18.7. The highest BCUT2D eigenvalue weighted by Crippen LogP contribution is 2.23. The minimum absolute atomic E-state index is 0.227. The minimum atomic E-state index is -0.227. The molecule has 1 aliphatic rings. The zero-order valence-electron chi connectivity index (χ0n) is 16.0. The van der Waals surface area contributed by atoms with Gasteiger partial charge in [0.1, 0.15) is 11.6 Å². The third-order valence-electron chi connectivity index (χ3n) is 5.10. The van der Waals surface area contributed by atoms with Gasteiger partial charge in [-0.05, 0) is 18.2 Å². The van der Waals surface area contributed by atoms with E-state index in [4.69, 9.17) is 9.26 Å². The van der Waals surface area contributed by atoms with Gasteiger partial charge in [0.05, 0.1) is 12.8 Å². The highest BCUT2D eigenvalue weighted by molar-refractivity contribution is 5.56. The van der Waals surface area contributed by atoms with E-state index in [1.54, 1.807) is 19.2 Å². The minimum Gasteiger partial charge on any atom is -0.496 e. The van der Waals surface area contributed by atoms with Crippen LogP contribution in [0.15, 0.2) is 59.1 Å². The van der Waals surface area contributed by atoms with Crippen molar-refractivity contribution in [2.24, 2.45) is 0 Å². The maximum Gasteiger partial charge on any atom is 0.167 e. The summed E-state index contributed by atoms with van der Waals surface area (Å²) in [5.41, 5.74) is 2.87. The molecule has 0 saturated carbocycles. The fraction of sp³-hybridized carbons (Fsp3) is 0.318. The summed E-state index contributed by atoms with van der Waals surface area (Å²) < 4.78 is 24.4. The summed E-state index contributed by atoms with van der Waals surface area (Å²) in [5, 5.41) is 4.22. The van der Waals surface area contributed by atoms with Crippen molar-refractivity contribution < 1.29 is 13.7 Å². The number of hydrogen-bond donors (Lipinski definition) is 0. The summed E-state index contributed by atoms with van der Waals surface area (Å²) in [4.78, 5) is 4.69. The van der Waals surface area contributed by atoms with Crippen LogP contribution in [0.5, 0.6) is 5.75 Å². The van der Waals surface area contributed by atoms with Crippen LogP contribution in [0.1, 0.15) is 11.3 Å². The molecule has 2 aromatic carbocycles. The molecule has 1 fully saturated rings. The fourth-order valence-electron chi connectivity index (χ4n) is 3.57. The van der Waals surface area contributed by atoms with Gasteiger partial charge in [-0.1, -0.05) is 35.5 Å². The predicted octanol–water partition coefficient (Wildman–Crippen LogP) is 3.81. The van der Waals surface area contributed by atoms with Crippen molar-refractivity contribution in [1.29, 1.82) is 0 Å². The zero-order valence-corrected chi connectivity index (χ0v) is 16.0. The van der Waals surface area contributed by atoms with Crippen molar-refractivity contribution in [2.75, 3.05) is 33.3 Å². The van der Waals surface area contributed by atoms with E-state index < -0.39 is 0 Å². The van der Waals surface area contributed by atoms with Gasteiger partial charge in [-0.25, -0.2) is 4.39 Å². The Kier molecular flexibility index (Phi) is 5.69. The Hall–Kier alpha value is -2.70. The molecule has 146 valence electrons. The van der Waals surface area contributed by atoms with Crippen molar-refractivity contribution in [3.8, 4) is 17.1 Å². The summed E-state index contributed by atoms with van der Waals surface area (Å²) in [6, 6.07) is 16.7. The summed E-state index contributed by atoms with van der Waals surface area (Å²) in [5.74, 6) is 1.31. The number of hydrogen-bond acceptors (Lipinski definition) is 5. The van der Waals surface area contributed by atoms with E-state index in [2.05, 4.69) is 15.0 Å². The molecule has 5 nitrogen and oxygen atoms in total. The van der Waals surface area contributed by atoms with Crippen molar-refractivity contribution in [3.63, 3.8) is 0 Å². The Labute approximate surface area is 164 Å².